The molecular formula is C13H11ClN2O4S. The van der Waals surface area contributed by atoms with Gasteiger partial charge < -0.3 is 0 Å². The predicted octanol–water partition coefficient (Wildman–Crippen LogP) is 3.36. The van der Waals surface area contributed by atoms with Crippen LogP contribution in [0.3, 0.4) is 0 Å². The first-order chi connectivity index (χ1) is 9.79. The molecule has 0 aliphatic rings. The number of nitro benzene ring substituents is 1. The second kappa shape index (κ2) is 5.71. The van der Waals surface area contributed by atoms with E-state index in [2.05, 4.69) is 4.72 Å². The fourth-order valence-electron chi connectivity index (χ4n) is 1.64. The molecule has 0 unspecified atom stereocenters. The van der Waals surface area contributed by atoms with Crippen molar-refractivity contribution in [2.45, 2.75) is 11.8 Å². The summed E-state index contributed by atoms with van der Waals surface area (Å²) in [7, 11) is -4.00. The lowest BCUT2D eigenvalue weighted by Gasteiger charge is -2.09. The number of benzene rings is 2. The Balaban J connectivity index is 2.41. The first-order valence-corrected chi connectivity index (χ1v) is 7.69. The van der Waals surface area contributed by atoms with Crippen LogP contribution in [0.15, 0.2) is 47.4 Å². The molecule has 2 aromatic carbocycles. The van der Waals surface area contributed by atoms with E-state index in [0.29, 0.717) is 5.69 Å². The SMILES string of the molecule is Cc1ccc(NS(=O)(=O)c2cc([N+](=O)[O-])ccc2Cl)cc1. The molecule has 0 saturated carbocycles. The number of nitrogens with zero attached hydrogens (tertiary/aromatic N) is 1. The molecule has 0 atom stereocenters. The van der Waals surface area contributed by atoms with Crippen LogP contribution in [0.4, 0.5) is 11.4 Å². The summed E-state index contributed by atoms with van der Waals surface area (Å²) in [5, 5.41) is 10.7. The minimum Gasteiger partial charge on any atom is -0.280 e. The number of anilines is 1. The van der Waals surface area contributed by atoms with Crippen molar-refractivity contribution in [3.63, 3.8) is 0 Å². The summed E-state index contributed by atoms with van der Waals surface area (Å²) < 4.78 is 26.9. The van der Waals surface area contributed by atoms with Crippen LogP contribution in [-0.4, -0.2) is 13.3 Å². The standard InChI is InChI=1S/C13H11ClN2O4S/c1-9-2-4-10(5-3-9)15-21(19,20)13-8-11(16(17)18)6-7-12(13)14/h2-8,15H,1H3. The Kier molecular flexibility index (Phi) is 4.15. The summed E-state index contributed by atoms with van der Waals surface area (Å²) in [6, 6.07) is 9.94. The Morgan fingerprint density at radius 1 is 1.14 bits per heavy atom. The molecule has 0 fully saturated rings. The average molecular weight is 327 g/mol. The van der Waals surface area contributed by atoms with E-state index >= 15 is 0 Å². The molecule has 1 N–H and O–H groups in total. The number of hydrogen-bond donors (Lipinski definition) is 1. The zero-order chi connectivity index (χ0) is 15.6. The normalized spacial score (nSPS) is 11.1. The summed E-state index contributed by atoms with van der Waals surface area (Å²) in [5.74, 6) is 0. The van der Waals surface area contributed by atoms with E-state index < -0.39 is 14.9 Å². The van der Waals surface area contributed by atoms with E-state index in [1.807, 2.05) is 6.92 Å². The minimum absolute atomic E-state index is 0.0831. The number of nitro groups is 1. The zero-order valence-electron chi connectivity index (χ0n) is 10.9. The molecule has 0 amide bonds. The second-order valence-electron chi connectivity index (χ2n) is 4.34. The minimum atomic E-state index is -4.00. The van der Waals surface area contributed by atoms with Crippen LogP contribution in [0, 0.1) is 17.0 Å². The van der Waals surface area contributed by atoms with Crippen LogP contribution < -0.4 is 4.72 Å². The van der Waals surface area contributed by atoms with Crippen LogP contribution in [-0.2, 0) is 10.0 Å². The highest BCUT2D eigenvalue weighted by atomic mass is 35.5. The van der Waals surface area contributed by atoms with Gasteiger partial charge in [0.1, 0.15) is 4.90 Å². The maximum absolute atomic E-state index is 12.3. The Hall–Kier alpha value is -2.12. The highest BCUT2D eigenvalue weighted by Gasteiger charge is 2.21. The lowest BCUT2D eigenvalue weighted by atomic mass is 10.2. The molecule has 6 nitrogen and oxygen atoms in total. The lowest BCUT2D eigenvalue weighted by Crippen LogP contribution is -2.13. The highest BCUT2D eigenvalue weighted by molar-refractivity contribution is 7.92. The Morgan fingerprint density at radius 2 is 1.76 bits per heavy atom. The van der Waals surface area contributed by atoms with Crippen molar-refractivity contribution in [2.75, 3.05) is 4.72 Å². The molecule has 110 valence electrons. The topological polar surface area (TPSA) is 89.3 Å². The third-order valence-electron chi connectivity index (χ3n) is 2.72. The van der Waals surface area contributed by atoms with Gasteiger partial charge in [-0.3, -0.25) is 14.8 Å². The van der Waals surface area contributed by atoms with Crippen molar-refractivity contribution in [3.8, 4) is 0 Å². The number of hydrogen-bond acceptors (Lipinski definition) is 4. The maximum atomic E-state index is 12.3. The van der Waals surface area contributed by atoms with Gasteiger partial charge in [-0.15, -0.1) is 0 Å². The number of non-ortho nitro benzene ring substituents is 1. The van der Waals surface area contributed by atoms with E-state index in [1.54, 1.807) is 24.3 Å². The second-order valence-corrected chi connectivity index (χ2v) is 6.40. The summed E-state index contributed by atoms with van der Waals surface area (Å²) in [6.07, 6.45) is 0. The van der Waals surface area contributed by atoms with E-state index in [0.717, 1.165) is 17.7 Å². The molecular weight excluding hydrogens is 316 g/mol. The van der Waals surface area contributed by atoms with Gasteiger partial charge in [0.15, 0.2) is 0 Å². The molecule has 0 aliphatic carbocycles. The molecule has 0 aliphatic heterocycles. The van der Waals surface area contributed by atoms with E-state index in [4.69, 9.17) is 11.6 Å². The molecule has 21 heavy (non-hydrogen) atoms. The smallest absolute Gasteiger partial charge is 0.270 e. The number of rotatable bonds is 4. The molecule has 2 aromatic rings. The van der Waals surface area contributed by atoms with Crippen molar-refractivity contribution in [3.05, 3.63) is 63.2 Å². The van der Waals surface area contributed by atoms with Crippen molar-refractivity contribution in [1.29, 1.82) is 0 Å². The Morgan fingerprint density at radius 3 is 2.33 bits per heavy atom. The number of sulfonamides is 1. The van der Waals surface area contributed by atoms with Gasteiger partial charge in [0.2, 0.25) is 0 Å². The van der Waals surface area contributed by atoms with Crippen molar-refractivity contribution < 1.29 is 13.3 Å². The quantitative estimate of drug-likeness (QED) is 0.689. The van der Waals surface area contributed by atoms with Gasteiger partial charge in [-0.2, -0.15) is 0 Å². The van der Waals surface area contributed by atoms with Crippen LogP contribution >= 0.6 is 11.6 Å². The first kappa shape index (κ1) is 15.3. The van der Waals surface area contributed by atoms with Gasteiger partial charge in [0.25, 0.3) is 15.7 Å². The zero-order valence-corrected chi connectivity index (χ0v) is 12.5. The Labute approximate surface area is 126 Å². The van der Waals surface area contributed by atoms with Crippen LogP contribution in [0.5, 0.6) is 0 Å². The van der Waals surface area contributed by atoms with Gasteiger partial charge in [0, 0.05) is 17.8 Å². The lowest BCUT2D eigenvalue weighted by molar-refractivity contribution is -0.385. The average Bonchev–Trinajstić information content (AvgIpc) is 2.41. The molecule has 0 saturated heterocycles. The summed E-state index contributed by atoms with van der Waals surface area (Å²) in [4.78, 5) is 9.72. The van der Waals surface area contributed by atoms with Gasteiger partial charge >= 0.3 is 0 Å². The maximum Gasteiger partial charge on any atom is 0.270 e. The fraction of sp³-hybridized carbons (Fsp3) is 0.0769. The molecule has 0 radical (unpaired) electrons. The van der Waals surface area contributed by atoms with Crippen LogP contribution in [0.2, 0.25) is 5.02 Å². The largest absolute Gasteiger partial charge is 0.280 e. The molecule has 0 heterocycles. The molecule has 8 heteroatoms. The first-order valence-electron chi connectivity index (χ1n) is 5.83. The van der Waals surface area contributed by atoms with Gasteiger partial charge in [0.05, 0.1) is 9.95 Å². The van der Waals surface area contributed by atoms with Gasteiger partial charge in [-0.1, -0.05) is 29.3 Å². The third-order valence-corrected chi connectivity index (χ3v) is 4.58. The molecule has 2 rings (SSSR count). The van der Waals surface area contributed by atoms with Crippen molar-refractivity contribution in [2.24, 2.45) is 0 Å². The Bertz CT molecular complexity index is 788. The van der Waals surface area contributed by atoms with Crippen LogP contribution in [0.25, 0.3) is 0 Å². The van der Waals surface area contributed by atoms with E-state index in [9.17, 15) is 18.5 Å². The summed E-state index contributed by atoms with van der Waals surface area (Å²) >= 11 is 5.84. The van der Waals surface area contributed by atoms with Crippen molar-refractivity contribution >= 4 is 33.0 Å². The summed E-state index contributed by atoms with van der Waals surface area (Å²) in [5.41, 5.74) is 0.984. The molecule has 0 spiro atoms. The number of halogens is 1. The fourth-order valence-corrected chi connectivity index (χ4v) is 3.22. The molecule has 0 aromatic heterocycles. The predicted molar refractivity (Wildman–Crippen MR) is 80.1 cm³/mol. The summed E-state index contributed by atoms with van der Waals surface area (Å²) in [6.45, 7) is 1.87. The van der Waals surface area contributed by atoms with Gasteiger partial charge in [-0.05, 0) is 25.1 Å². The van der Waals surface area contributed by atoms with E-state index in [1.165, 1.54) is 6.07 Å². The van der Waals surface area contributed by atoms with Gasteiger partial charge in [-0.25, -0.2) is 8.42 Å². The highest BCUT2D eigenvalue weighted by Crippen LogP contribution is 2.27. The number of aryl methyl sites for hydroxylation is 1. The number of nitrogens with one attached hydrogen (secondary N) is 1. The van der Waals surface area contributed by atoms with E-state index in [-0.39, 0.29) is 15.6 Å². The monoisotopic (exact) mass is 326 g/mol. The van der Waals surface area contributed by atoms with Crippen LogP contribution in [0.1, 0.15) is 5.56 Å². The van der Waals surface area contributed by atoms with Crippen molar-refractivity contribution in [1.82, 2.24) is 0 Å². The third kappa shape index (κ3) is 3.50. The molecule has 0 bridgehead atoms.